The Morgan fingerprint density at radius 3 is 2.61 bits per heavy atom. The average molecular weight is 312 g/mol. The maximum Gasteiger partial charge on any atom is 0.322 e. The predicted molar refractivity (Wildman–Crippen MR) is 89.7 cm³/mol. The van der Waals surface area contributed by atoms with Gasteiger partial charge in [0.05, 0.1) is 6.04 Å². The van der Waals surface area contributed by atoms with Gasteiger partial charge < -0.3 is 10.2 Å². The molecule has 0 bridgehead atoms. The van der Waals surface area contributed by atoms with Gasteiger partial charge in [0, 0.05) is 12.2 Å². The Balaban J connectivity index is 1.76. The highest BCUT2D eigenvalue weighted by atomic mass is 19.1. The van der Waals surface area contributed by atoms with Crippen LogP contribution in [0, 0.1) is 11.7 Å². The van der Waals surface area contributed by atoms with E-state index in [0.717, 1.165) is 12.1 Å². The lowest BCUT2D eigenvalue weighted by molar-refractivity contribution is 0.189. The topological polar surface area (TPSA) is 32.3 Å². The van der Waals surface area contributed by atoms with Crippen LogP contribution in [0.15, 0.2) is 54.6 Å². The van der Waals surface area contributed by atoms with Gasteiger partial charge in [-0.1, -0.05) is 36.4 Å². The third-order valence-corrected chi connectivity index (χ3v) is 4.24. The molecule has 4 heteroatoms. The van der Waals surface area contributed by atoms with Gasteiger partial charge >= 0.3 is 6.03 Å². The van der Waals surface area contributed by atoms with E-state index < -0.39 is 0 Å². The highest BCUT2D eigenvalue weighted by molar-refractivity contribution is 5.89. The molecule has 1 aliphatic carbocycles. The van der Waals surface area contributed by atoms with Crippen LogP contribution in [0.5, 0.6) is 0 Å². The SMILES string of the molecule is CC(c1ccccc1)N(CC1CC1)C(=O)Nc1cccc(F)c1. The highest BCUT2D eigenvalue weighted by Crippen LogP contribution is 2.33. The Hall–Kier alpha value is -2.36. The smallest absolute Gasteiger partial charge is 0.317 e. The van der Waals surface area contributed by atoms with Crippen molar-refractivity contribution in [3.05, 3.63) is 66.0 Å². The summed E-state index contributed by atoms with van der Waals surface area (Å²) in [6, 6.07) is 15.8. The number of amides is 2. The first-order chi connectivity index (χ1) is 11.1. The summed E-state index contributed by atoms with van der Waals surface area (Å²) in [4.78, 5) is 14.5. The van der Waals surface area contributed by atoms with Crippen molar-refractivity contribution in [2.75, 3.05) is 11.9 Å². The Morgan fingerprint density at radius 1 is 1.22 bits per heavy atom. The summed E-state index contributed by atoms with van der Waals surface area (Å²) in [6.45, 7) is 2.76. The fraction of sp³-hybridized carbons (Fsp3) is 0.316. The number of rotatable bonds is 5. The molecule has 120 valence electrons. The number of nitrogens with one attached hydrogen (secondary N) is 1. The largest absolute Gasteiger partial charge is 0.322 e. The van der Waals surface area contributed by atoms with Gasteiger partial charge in [-0.2, -0.15) is 0 Å². The van der Waals surface area contributed by atoms with Crippen molar-refractivity contribution in [1.29, 1.82) is 0 Å². The van der Waals surface area contributed by atoms with Crippen molar-refractivity contribution in [1.82, 2.24) is 4.90 Å². The second-order valence-corrected chi connectivity index (χ2v) is 6.12. The van der Waals surface area contributed by atoms with Crippen molar-refractivity contribution in [2.24, 2.45) is 5.92 Å². The molecule has 3 nitrogen and oxygen atoms in total. The van der Waals surface area contributed by atoms with E-state index in [1.54, 1.807) is 12.1 Å². The van der Waals surface area contributed by atoms with Gasteiger partial charge in [-0.05, 0) is 49.4 Å². The second-order valence-electron chi connectivity index (χ2n) is 6.12. The minimum absolute atomic E-state index is 0.0228. The van der Waals surface area contributed by atoms with Gasteiger partial charge in [0.2, 0.25) is 0 Å². The van der Waals surface area contributed by atoms with Crippen molar-refractivity contribution < 1.29 is 9.18 Å². The number of halogens is 1. The molecule has 1 aliphatic rings. The van der Waals surface area contributed by atoms with E-state index in [9.17, 15) is 9.18 Å². The van der Waals surface area contributed by atoms with Crippen LogP contribution in [-0.4, -0.2) is 17.5 Å². The lowest BCUT2D eigenvalue weighted by Crippen LogP contribution is -2.38. The quantitative estimate of drug-likeness (QED) is 0.842. The lowest BCUT2D eigenvalue weighted by Gasteiger charge is -2.30. The number of hydrogen-bond donors (Lipinski definition) is 1. The summed E-state index contributed by atoms with van der Waals surface area (Å²) in [5, 5.41) is 2.81. The first-order valence-corrected chi connectivity index (χ1v) is 8.01. The first-order valence-electron chi connectivity index (χ1n) is 8.01. The molecular formula is C19H21FN2O. The minimum Gasteiger partial charge on any atom is -0.317 e. The summed E-state index contributed by atoms with van der Waals surface area (Å²) in [5.41, 5.74) is 1.58. The number of urea groups is 1. The van der Waals surface area contributed by atoms with Gasteiger partial charge in [-0.25, -0.2) is 9.18 Å². The normalized spacial score (nSPS) is 15.0. The third kappa shape index (κ3) is 4.09. The van der Waals surface area contributed by atoms with Crippen molar-refractivity contribution in [2.45, 2.75) is 25.8 Å². The van der Waals surface area contributed by atoms with E-state index in [2.05, 4.69) is 5.32 Å². The van der Waals surface area contributed by atoms with Crippen LogP contribution in [0.4, 0.5) is 14.9 Å². The summed E-state index contributed by atoms with van der Waals surface area (Å²) in [6.07, 6.45) is 2.34. The number of nitrogens with zero attached hydrogens (tertiary/aromatic N) is 1. The van der Waals surface area contributed by atoms with Crippen molar-refractivity contribution in [3.63, 3.8) is 0 Å². The van der Waals surface area contributed by atoms with Crippen LogP contribution in [0.25, 0.3) is 0 Å². The van der Waals surface area contributed by atoms with Crippen LogP contribution >= 0.6 is 0 Å². The zero-order valence-corrected chi connectivity index (χ0v) is 13.2. The second kappa shape index (κ2) is 6.82. The van der Waals surface area contributed by atoms with E-state index >= 15 is 0 Å². The van der Waals surface area contributed by atoms with Crippen LogP contribution in [0.2, 0.25) is 0 Å². The van der Waals surface area contributed by atoms with Gasteiger partial charge in [-0.15, -0.1) is 0 Å². The zero-order chi connectivity index (χ0) is 16.2. The molecule has 0 aliphatic heterocycles. The van der Waals surface area contributed by atoms with E-state index in [1.807, 2.05) is 42.2 Å². The Bertz CT molecular complexity index is 670. The van der Waals surface area contributed by atoms with Gasteiger partial charge in [-0.3, -0.25) is 0 Å². The molecule has 1 N–H and O–H groups in total. The zero-order valence-electron chi connectivity index (χ0n) is 13.2. The maximum atomic E-state index is 13.3. The molecule has 0 aromatic heterocycles. The number of carbonyl (C=O) groups is 1. The van der Waals surface area contributed by atoms with E-state index in [4.69, 9.17) is 0 Å². The minimum atomic E-state index is -0.354. The number of hydrogen-bond acceptors (Lipinski definition) is 1. The molecule has 0 heterocycles. The number of benzene rings is 2. The molecule has 2 amide bonds. The lowest BCUT2D eigenvalue weighted by atomic mass is 10.1. The molecule has 3 rings (SSSR count). The Kier molecular flexibility index (Phi) is 4.60. The highest BCUT2D eigenvalue weighted by Gasteiger charge is 2.30. The van der Waals surface area contributed by atoms with Gasteiger partial charge in [0.15, 0.2) is 0 Å². The van der Waals surface area contributed by atoms with Crippen molar-refractivity contribution >= 4 is 11.7 Å². The van der Waals surface area contributed by atoms with E-state index in [0.29, 0.717) is 11.6 Å². The van der Waals surface area contributed by atoms with E-state index in [-0.39, 0.29) is 17.9 Å². The molecule has 0 saturated heterocycles. The summed E-state index contributed by atoms with van der Waals surface area (Å²) in [7, 11) is 0. The third-order valence-electron chi connectivity index (χ3n) is 4.24. The first kappa shape index (κ1) is 15.5. The number of anilines is 1. The molecule has 0 spiro atoms. The summed E-state index contributed by atoms with van der Waals surface area (Å²) in [5.74, 6) is 0.229. The Labute approximate surface area is 136 Å². The summed E-state index contributed by atoms with van der Waals surface area (Å²) < 4.78 is 13.3. The molecule has 23 heavy (non-hydrogen) atoms. The molecule has 2 aromatic rings. The molecular weight excluding hydrogens is 291 g/mol. The standard InChI is InChI=1S/C19H21FN2O/c1-14(16-6-3-2-4-7-16)22(13-15-10-11-15)19(23)21-18-9-5-8-17(20)12-18/h2-9,12,14-15H,10-11,13H2,1H3,(H,21,23). The van der Waals surface area contributed by atoms with E-state index in [1.165, 1.54) is 25.0 Å². The molecule has 1 fully saturated rings. The fourth-order valence-electron chi connectivity index (χ4n) is 2.67. The maximum absolute atomic E-state index is 13.3. The van der Waals surface area contributed by atoms with Gasteiger partial charge in [0.1, 0.15) is 5.82 Å². The van der Waals surface area contributed by atoms with Crippen LogP contribution < -0.4 is 5.32 Å². The fourth-order valence-corrected chi connectivity index (χ4v) is 2.67. The average Bonchev–Trinajstić information content (AvgIpc) is 3.37. The molecule has 1 saturated carbocycles. The van der Waals surface area contributed by atoms with Crippen LogP contribution in [0.1, 0.15) is 31.4 Å². The van der Waals surface area contributed by atoms with Crippen LogP contribution in [-0.2, 0) is 0 Å². The molecule has 1 unspecified atom stereocenters. The molecule has 0 radical (unpaired) electrons. The Morgan fingerprint density at radius 2 is 1.96 bits per heavy atom. The monoisotopic (exact) mass is 312 g/mol. The summed E-state index contributed by atoms with van der Waals surface area (Å²) >= 11 is 0. The predicted octanol–water partition coefficient (Wildman–Crippen LogP) is 4.83. The van der Waals surface area contributed by atoms with Crippen LogP contribution in [0.3, 0.4) is 0 Å². The molecule has 1 atom stereocenters. The molecule has 2 aromatic carbocycles. The number of carbonyl (C=O) groups excluding carboxylic acids is 1. The van der Waals surface area contributed by atoms with Crippen molar-refractivity contribution in [3.8, 4) is 0 Å². The van der Waals surface area contributed by atoms with Gasteiger partial charge in [0.25, 0.3) is 0 Å².